The fraction of sp³-hybridized carbons (Fsp3) is 0.474. The zero-order valence-corrected chi connectivity index (χ0v) is 17.6. The van der Waals surface area contributed by atoms with Gasteiger partial charge in [0.25, 0.3) is 0 Å². The smallest absolute Gasteiger partial charge is 0.223 e. The minimum atomic E-state index is -0.0313. The Morgan fingerprint density at radius 1 is 1.38 bits per heavy atom. The third-order valence-electron chi connectivity index (χ3n) is 4.67. The molecule has 0 bridgehead atoms. The van der Waals surface area contributed by atoms with E-state index in [4.69, 9.17) is 11.6 Å². The van der Waals surface area contributed by atoms with Crippen molar-refractivity contribution in [3.63, 3.8) is 0 Å². The molecule has 1 amide bonds. The molecule has 0 aliphatic carbocycles. The Labute approximate surface area is 170 Å². The first-order valence-corrected chi connectivity index (χ1v) is 9.90. The van der Waals surface area contributed by atoms with Gasteiger partial charge in [-0.2, -0.15) is 0 Å². The summed E-state index contributed by atoms with van der Waals surface area (Å²) in [5, 5.41) is 8.25. The molecule has 26 heavy (non-hydrogen) atoms. The van der Waals surface area contributed by atoms with Gasteiger partial charge in [-0.25, -0.2) is 4.98 Å². The molecule has 0 spiro atoms. The number of halogens is 2. The number of thiazole rings is 1. The molecule has 0 radical (unpaired) electrons. The number of nitrogens with one attached hydrogen (secondary N) is 2. The largest absolute Gasteiger partial charge is 0.348 e. The van der Waals surface area contributed by atoms with Gasteiger partial charge in [0, 0.05) is 22.5 Å². The number of carbonyl (C=O) groups is 1. The molecule has 1 unspecified atom stereocenters. The summed E-state index contributed by atoms with van der Waals surface area (Å²) in [4.78, 5) is 18.4. The van der Waals surface area contributed by atoms with Crippen molar-refractivity contribution in [3.8, 4) is 10.6 Å². The summed E-state index contributed by atoms with van der Waals surface area (Å²) < 4.78 is 0. The second-order valence-corrected chi connectivity index (χ2v) is 8.25. The van der Waals surface area contributed by atoms with Crippen LogP contribution in [0.25, 0.3) is 10.6 Å². The molecule has 2 aromatic rings. The van der Waals surface area contributed by atoms with E-state index in [2.05, 4.69) is 22.5 Å². The van der Waals surface area contributed by atoms with Gasteiger partial charge >= 0.3 is 0 Å². The number of amides is 1. The Morgan fingerprint density at radius 3 is 2.73 bits per heavy atom. The summed E-state index contributed by atoms with van der Waals surface area (Å²) in [6.45, 7) is 7.08. The molecule has 1 aromatic heterocycles. The highest BCUT2D eigenvalue weighted by atomic mass is 35.5. The van der Waals surface area contributed by atoms with Gasteiger partial charge in [0.1, 0.15) is 5.01 Å². The van der Waals surface area contributed by atoms with Crippen LogP contribution >= 0.6 is 35.3 Å². The highest BCUT2D eigenvalue weighted by molar-refractivity contribution is 7.15. The summed E-state index contributed by atoms with van der Waals surface area (Å²) in [5.74, 6) is 0.254. The third kappa shape index (κ3) is 4.97. The quantitative estimate of drug-likeness (QED) is 0.759. The van der Waals surface area contributed by atoms with E-state index in [-0.39, 0.29) is 30.3 Å². The summed E-state index contributed by atoms with van der Waals surface area (Å²) in [7, 11) is 0. The molecule has 1 aliphatic heterocycles. The zero-order chi connectivity index (χ0) is 18.0. The Morgan fingerprint density at radius 2 is 2.08 bits per heavy atom. The molecule has 3 rings (SSSR count). The van der Waals surface area contributed by atoms with E-state index in [1.807, 2.05) is 38.1 Å². The predicted molar refractivity (Wildman–Crippen MR) is 111 cm³/mol. The highest BCUT2D eigenvalue weighted by Crippen LogP contribution is 2.32. The minimum absolute atomic E-state index is 0. The molecule has 4 nitrogen and oxygen atoms in total. The van der Waals surface area contributed by atoms with Crippen molar-refractivity contribution in [1.29, 1.82) is 0 Å². The molecule has 0 saturated carbocycles. The summed E-state index contributed by atoms with van der Waals surface area (Å²) in [5.41, 5.74) is 2.02. The van der Waals surface area contributed by atoms with E-state index in [9.17, 15) is 4.79 Å². The van der Waals surface area contributed by atoms with Crippen molar-refractivity contribution in [2.75, 3.05) is 6.54 Å². The lowest BCUT2D eigenvalue weighted by atomic mass is 9.92. The monoisotopic (exact) mass is 413 g/mol. The van der Waals surface area contributed by atoms with Crippen LogP contribution in [0.2, 0.25) is 5.02 Å². The van der Waals surface area contributed by atoms with Crippen LogP contribution in [0.3, 0.4) is 0 Å². The van der Waals surface area contributed by atoms with Gasteiger partial charge in [0.05, 0.1) is 16.6 Å². The summed E-state index contributed by atoms with van der Waals surface area (Å²) in [6.07, 6.45) is 1.80. The van der Waals surface area contributed by atoms with Crippen molar-refractivity contribution in [3.05, 3.63) is 39.9 Å². The number of nitrogens with zero attached hydrogens (tertiary/aromatic N) is 1. The number of hydrogen-bond donors (Lipinski definition) is 2. The Balaban J connectivity index is 0.00000243. The molecule has 7 heteroatoms. The van der Waals surface area contributed by atoms with Crippen molar-refractivity contribution in [2.45, 2.75) is 45.7 Å². The average molecular weight is 414 g/mol. The fourth-order valence-corrected chi connectivity index (χ4v) is 4.49. The highest BCUT2D eigenvalue weighted by Gasteiger charge is 2.26. The summed E-state index contributed by atoms with van der Waals surface area (Å²) in [6, 6.07) is 8.07. The number of carbonyl (C=O) groups excluding carboxylic acids is 1. The molecule has 1 fully saturated rings. The molecule has 142 valence electrons. The standard InChI is InChI=1S/C19H24ClN3OS.ClH/c1-11-10-15(8-9-21-11)18(24)22-12(2)17-13(3)23-19(25-17)14-4-6-16(20)7-5-14;/h4-7,11-12,15,21H,8-10H2,1-3H3,(H,22,24);1H/t11-,12?,15-;/m0./s1. The summed E-state index contributed by atoms with van der Waals surface area (Å²) >= 11 is 7.59. The van der Waals surface area contributed by atoms with Crippen LogP contribution in [0.15, 0.2) is 24.3 Å². The van der Waals surface area contributed by atoms with E-state index in [0.717, 1.165) is 40.5 Å². The van der Waals surface area contributed by atoms with Gasteiger partial charge in [0.15, 0.2) is 0 Å². The van der Waals surface area contributed by atoms with E-state index in [0.29, 0.717) is 11.1 Å². The van der Waals surface area contributed by atoms with E-state index >= 15 is 0 Å². The van der Waals surface area contributed by atoms with Gasteiger partial charge in [-0.15, -0.1) is 23.7 Å². The first-order chi connectivity index (χ1) is 11.9. The Kier molecular flexibility index (Phi) is 7.47. The first-order valence-electron chi connectivity index (χ1n) is 8.71. The normalized spacial score (nSPS) is 20.9. The molecule has 2 N–H and O–H groups in total. The van der Waals surface area contributed by atoms with Gasteiger partial charge in [-0.05, 0) is 52.3 Å². The van der Waals surface area contributed by atoms with Crippen LogP contribution in [0.1, 0.15) is 43.3 Å². The Hall–Kier alpha value is -1.14. The molecular weight excluding hydrogens is 389 g/mol. The number of rotatable bonds is 4. The van der Waals surface area contributed by atoms with E-state index in [1.165, 1.54) is 0 Å². The fourth-order valence-electron chi connectivity index (χ4n) is 3.29. The van der Waals surface area contributed by atoms with Crippen LogP contribution in [0, 0.1) is 12.8 Å². The molecule has 3 atom stereocenters. The minimum Gasteiger partial charge on any atom is -0.348 e. The SMILES string of the molecule is Cc1nc(-c2ccc(Cl)cc2)sc1C(C)NC(=O)[C@H]1CCN[C@@H](C)C1.Cl. The van der Waals surface area contributed by atoms with E-state index < -0.39 is 0 Å². The first kappa shape index (κ1) is 21.2. The predicted octanol–water partition coefficient (Wildman–Crippen LogP) is 4.76. The number of aromatic nitrogens is 1. The third-order valence-corrected chi connectivity index (χ3v) is 6.31. The maximum Gasteiger partial charge on any atom is 0.223 e. The maximum atomic E-state index is 12.6. The number of aryl methyl sites for hydroxylation is 1. The second-order valence-electron chi connectivity index (χ2n) is 6.78. The topological polar surface area (TPSA) is 54.0 Å². The van der Waals surface area contributed by atoms with Crippen LogP contribution in [0.5, 0.6) is 0 Å². The van der Waals surface area contributed by atoms with Crippen LogP contribution in [0.4, 0.5) is 0 Å². The molecular formula is C19H25Cl2N3OS. The van der Waals surface area contributed by atoms with E-state index in [1.54, 1.807) is 11.3 Å². The van der Waals surface area contributed by atoms with Crippen LogP contribution < -0.4 is 10.6 Å². The van der Waals surface area contributed by atoms with Crippen LogP contribution in [-0.2, 0) is 4.79 Å². The Bertz CT molecular complexity index is 748. The van der Waals surface area contributed by atoms with Crippen molar-refractivity contribution in [2.24, 2.45) is 5.92 Å². The molecule has 1 saturated heterocycles. The lowest BCUT2D eigenvalue weighted by molar-refractivity contribution is -0.126. The van der Waals surface area contributed by atoms with Crippen molar-refractivity contribution >= 4 is 41.3 Å². The van der Waals surface area contributed by atoms with Gasteiger partial charge in [0.2, 0.25) is 5.91 Å². The number of hydrogen-bond acceptors (Lipinski definition) is 4. The number of piperidine rings is 1. The zero-order valence-electron chi connectivity index (χ0n) is 15.2. The van der Waals surface area contributed by atoms with Gasteiger partial charge in [-0.3, -0.25) is 4.79 Å². The van der Waals surface area contributed by atoms with Gasteiger partial charge < -0.3 is 10.6 Å². The maximum absolute atomic E-state index is 12.6. The van der Waals surface area contributed by atoms with Crippen LogP contribution in [-0.4, -0.2) is 23.5 Å². The van der Waals surface area contributed by atoms with Gasteiger partial charge in [-0.1, -0.05) is 23.7 Å². The second kappa shape index (κ2) is 9.18. The molecule has 1 aliphatic rings. The molecule has 2 heterocycles. The molecule has 1 aromatic carbocycles. The lowest BCUT2D eigenvalue weighted by Crippen LogP contribution is -2.42. The van der Waals surface area contributed by atoms with Crippen molar-refractivity contribution in [1.82, 2.24) is 15.6 Å². The number of benzene rings is 1. The average Bonchev–Trinajstić information content (AvgIpc) is 2.97. The van der Waals surface area contributed by atoms with Crippen molar-refractivity contribution < 1.29 is 4.79 Å². The lowest BCUT2D eigenvalue weighted by Gasteiger charge is -2.28.